The second-order valence-corrected chi connectivity index (χ2v) is 9.15. The molecule has 1 aliphatic rings. The van der Waals surface area contributed by atoms with Crippen molar-refractivity contribution in [1.29, 1.82) is 0 Å². The number of amides is 1. The van der Waals surface area contributed by atoms with Crippen molar-refractivity contribution < 1.29 is 28.9 Å². The molecule has 1 saturated heterocycles. The summed E-state index contributed by atoms with van der Waals surface area (Å²) in [7, 11) is 1.54. The normalized spacial score (nSPS) is 16.6. The Morgan fingerprint density at radius 1 is 0.921 bits per heavy atom. The fourth-order valence-corrected chi connectivity index (χ4v) is 4.43. The van der Waals surface area contributed by atoms with Crippen LogP contribution in [0.15, 0.2) is 78.4 Å². The standard InChI is InChI=1S/C31H33NO6/c1-4-17-37-26-11-7-10-23(19-26)29(33)27-28(32(16-18-36-3)31(35)30(27)34)22-12-14-25(15-13-22)38-20-24-9-6-5-8-21(24)2/h5-15,19,28,33H,4,16-18,20H2,1-3H3/b29-27-. The highest BCUT2D eigenvalue weighted by Gasteiger charge is 2.45. The fourth-order valence-electron chi connectivity index (χ4n) is 4.43. The molecule has 38 heavy (non-hydrogen) atoms. The molecule has 3 aromatic rings. The lowest BCUT2D eigenvalue weighted by molar-refractivity contribution is -0.140. The fraction of sp³-hybridized carbons (Fsp3) is 0.290. The van der Waals surface area contributed by atoms with E-state index >= 15 is 0 Å². The van der Waals surface area contributed by atoms with Crippen LogP contribution in [0.25, 0.3) is 5.76 Å². The number of aryl methyl sites for hydroxylation is 1. The molecule has 1 amide bonds. The molecule has 7 heteroatoms. The van der Waals surface area contributed by atoms with Crippen molar-refractivity contribution in [3.63, 3.8) is 0 Å². The molecular formula is C31H33NO6. The Morgan fingerprint density at radius 2 is 1.68 bits per heavy atom. The van der Waals surface area contributed by atoms with Crippen molar-refractivity contribution in [3.8, 4) is 11.5 Å². The minimum Gasteiger partial charge on any atom is -0.507 e. The molecular weight excluding hydrogens is 482 g/mol. The van der Waals surface area contributed by atoms with Gasteiger partial charge in [0, 0.05) is 19.2 Å². The van der Waals surface area contributed by atoms with Crippen LogP contribution in [0.3, 0.4) is 0 Å². The van der Waals surface area contributed by atoms with Gasteiger partial charge in [-0.05, 0) is 54.3 Å². The lowest BCUT2D eigenvalue weighted by atomic mass is 9.95. The van der Waals surface area contributed by atoms with Gasteiger partial charge in [-0.1, -0.05) is 55.5 Å². The topological polar surface area (TPSA) is 85.3 Å². The maximum absolute atomic E-state index is 13.2. The van der Waals surface area contributed by atoms with E-state index in [0.717, 1.165) is 17.5 Å². The second-order valence-electron chi connectivity index (χ2n) is 9.15. The SMILES string of the molecule is CCCOc1cccc(/C(O)=C2/C(=O)C(=O)N(CCOC)C2c2ccc(OCc3ccccc3C)cc2)c1. The highest BCUT2D eigenvalue weighted by atomic mass is 16.5. The van der Waals surface area contributed by atoms with Gasteiger partial charge in [0.2, 0.25) is 0 Å². The molecule has 0 radical (unpaired) electrons. The quantitative estimate of drug-likeness (QED) is 0.208. The van der Waals surface area contributed by atoms with Crippen LogP contribution in [-0.4, -0.2) is 48.6 Å². The zero-order valence-electron chi connectivity index (χ0n) is 22.0. The van der Waals surface area contributed by atoms with E-state index in [1.165, 1.54) is 12.0 Å². The van der Waals surface area contributed by atoms with E-state index in [4.69, 9.17) is 14.2 Å². The number of Topliss-reactive ketones (excluding diaryl/α,β-unsaturated/α-hetero) is 1. The van der Waals surface area contributed by atoms with Crippen LogP contribution in [-0.2, 0) is 20.9 Å². The molecule has 1 fully saturated rings. The molecule has 4 rings (SSSR count). The number of methoxy groups -OCH3 is 1. The third-order valence-electron chi connectivity index (χ3n) is 6.51. The number of hydrogen-bond donors (Lipinski definition) is 1. The molecule has 0 bridgehead atoms. The van der Waals surface area contributed by atoms with E-state index in [-0.39, 0.29) is 24.5 Å². The average Bonchev–Trinajstić information content (AvgIpc) is 3.19. The zero-order valence-corrected chi connectivity index (χ0v) is 22.0. The largest absolute Gasteiger partial charge is 0.507 e. The van der Waals surface area contributed by atoms with E-state index in [9.17, 15) is 14.7 Å². The van der Waals surface area contributed by atoms with Crippen LogP contribution in [0.1, 0.15) is 41.6 Å². The van der Waals surface area contributed by atoms with Gasteiger partial charge in [-0.25, -0.2) is 0 Å². The van der Waals surface area contributed by atoms with Gasteiger partial charge in [-0.15, -0.1) is 0 Å². The van der Waals surface area contributed by atoms with Gasteiger partial charge in [0.15, 0.2) is 0 Å². The first-order valence-corrected chi connectivity index (χ1v) is 12.7. The number of aliphatic hydroxyl groups excluding tert-OH is 1. The lowest BCUT2D eigenvalue weighted by Gasteiger charge is -2.25. The van der Waals surface area contributed by atoms with Gasteiger partial charge in [0.05, 0.1) is 24.8 Å². The van der Waals surface area contributed by atoms with E-state index in [0.29, 0.717) is 35.8 Å². The van der Waals surface area contributed by atoms with Crippen molar-refractivity contribution in [1.82, 2.24) is 4.90 Å². The summed E-state index contributed by atoms with van der Waals surface area (Å²) in [5.74, 6) is -0.409. The van der Waals surface area contributed by atoms with Gasteiger partial charge >= 0.3 is 0 Å². The van der Waals surface area contributed by atoms with Crippen molar-refractivity contribution in [2.45, 2.75) is 32.9 Å². The molecule has 198 valence electrons. The highest BCUT2D eigenvalue weighted by molar-refractivity contribution is 6.46. The van der Waals surface area contributed by atoms with Crippen LogP contribution in [0.4, 0.5) is 0 Å². The third kappa shape index (κ3) is 5.89. The van der Waals surface area contributed by atoms with Crippen LogP contribution >= 0.6 is 0 Å². The molecule has 7 nitrogen and oxygen atoms in total. The number of ketones is 1. The van der Waals surface area contributed by atoms with Crippen LogP contribution in [0.5, 0.6) is 11.5 Å². The number of carbonyl (C=O) groups is 2. The molecule has 1 atom stereocenters. The van der Waals surface area contributed by atoms with E-state index in [1.807, 2.05) is 62.4 Å². The number of carbonyl (C=O) groups excluding carboxylic acids is 2. The Kier molecular flexibility index (Phi) is 8.81. The summed E-state index contributed by atoms with van der Waals surface area (Å²) in [5.41, 5.74) is 3.37. The maximum Gasteiger partial charge on any atom is 0.295 e. The van der Waals surface area contributed by atoms with Gasteiger partial charge < -0.3 is 24.2 Å². The minimum absolute atomic E-state index is 0.0346. The number of benzene rings is 3. The summed E-state index contributed by atoms with van der Waals surface area (Å²) in [6.45, 7) is 5.45. The number of aliphatic hydroxyl groups is 1. The zero-order chi connectivity index (χ0) is 27.1. The molecule has 1 N–H and O–H groups in total. The Labute approximate surface area is 223 Å². The number of likely N-dealkylation sites (tertiary alicyclic amines) is 1. The van der Waals surface area contributed by atoms with Gasteiger partial charge in [-0.2, -0.15) is 0 Å². The van der Waals surface area contributed by atoms with Gasteiger partial charge in [-0.3, -0.25) is 9.59 Å². The predicted octanol–water partition coefficient (Wildman–Crippen LogP) is 5.43. The summed E-state index contributed by atoms with van der Waals surface area (Å²) < 4.78 is 16.8. The van der Waals surface area contributed by atoms with E-state index in [2.05, 4.69) is 0 Å². The summed E-state index contributed by atoms with van der Waals surface area (Å²) in [5, 5.41) is 11.3. The summed E-state index contributed by atoms with van der Waals surface area (Å²) in [6, 6.07) is 21.4. The smallest absolute Gasteiger partial charge is 0.295 e. The summed E-state index contributed by atoms with van der Waals surface area (Å²) in [6.07, 6.45) is 0.839. The van der Waals surface area contributed by atoms with Gasteiger partial charge in [0.25, 0.3) is 11.7 Å². The second kappa shape index (κ2) is 12.4. The Bertz CT molecular complexity index is 1310. The van der Waals surface area contributed by atoms with Crippen LogP contribution in [0.2, 0.25) is 0 Å². The number of rotatable bonds is 11. The summed E-state index contributed by atoms with van der Waals surface area (Å²) >= 11 is 0. The minimum atomic E-state index is -0.768. The number of hydrogen-bond acceptors (Lipinski definition) is 6. The molecule has 0 saturated carbocycles. The van der Waals surface area contributed by atoms with E-state index in [1.54, 1.807) is 24.3 Å². The molecule has 1 heterocycles. The Hall–Kier alpha value is -4.10. The van der Waals surface area contributed by atoms with Crippen molar-refractivity contribution in [3.05, 3.63) is 101 Å². The maximum atomic E-state index is 13.2. The molecule has 0 spiro atoms. The summed E-state index contributed by atoms with van der Waals surface area (Å²) in [4.78, 5) is 27.7. The van der Waals surface area contributed by atoms with Crippen LogP contribution < -0.4 is 9.47 Å². The molecule has 1 aliphatic heterocycles. The molecule has 3 aromatic carbocycles. The first-order chi connectivity index (χ1) is 18.4. The highest BCUT2D eigenvalue weighted by Crippen LogP contribution is 2.40. The monoisotopic (exact) mass is 515 g/mol. The Morgan fingerprint density at radius 3 is 2.39 bits per heavy atom. The van der Waals surface area contributed by atoms with Crippen LogP contribution in [0, 0.1) is 6.92 Å². The van der Waals surface area contributed by atoms with Gasteiger partial charge in [0.1, 0.15) is 23.9 Å². The average molecular weight is 516 g/mol. The van der Waals surface area contributed by atoms with Crippen molar-refractivity contribution in [2.75, 3.05) is 26.9 Å². The number of ether oxygens (including phenoxy) is 3. The first-order valence-electron chi connectivity index (χ1n) is 12.7. The Balaban J connectivity index is 1.67. The molecule has 0 aromatic heterocycles. The lowest BCUT2D eigenvalue weighted by Crippen LogP contribution is -2.32. The number of nitrogens with zero attached hydrogens (tertiary/aromatic N) is 1. The molecule has 1 unspecified atom stereocenters. The molecule has 0 aliphatic carbocycles. The van der Waals surface area contributed by atoms with Crippen molar-refractivity contribution in [2.24, 2.45) is 0 Å². The third-order valence-corrected chi connectivity index (χ3v) is 6.51. The van der Waals surface area contributed by atoms with Crippen molar-refractivity contribution >= 4 is 17.4 Å². The first kappa shape index (κ1) is 26.9. The predicted molar refractivity (Wildman–Crippen MR) is 145 cm³/mol. The van der Waals surface area contributed by atoms with E-state index < -0.39 is 17.7 Å².